The van der Waals surface area contributed by atoms with Crippen molar-refractivity contribution in [2.45, 2.75) is 71.1 Å². The highest BCUT2D eigenvalue weighted by molar-refractivity contribution is 7.03. The summed E-state index contributed by atoms with van der Waals surface area (Å²) < 4.78 is 4.56. The molecule has 2 heteroatoms. The molecule has 0 aliphatic rings. The van der Waals surface area contributed by atoms with Crippen LogP contribution in [-0.4, -0.2) is 4.37 Å². The number of rotatable bonds is 8. The Hall–Kier alpha value is -0.370. The number of nitrogens with zero attached hydrogens (tertiary/aromatic N) is 1. The van der Waals surface area contributed by atoms with Crippen LogP contribution in [0.2, 0.25) is 0 Å². The van der Waals surface area contributed by atoms with Crippen molar-refractivity contribution in [2.75, 3.05) is 0 Å². The molecule has 1 heterocycles. The summed E-state index contributed by atoms with van der Waals surface area (Å²) in [5.74, 6) is 0. The van der Waals surface area contributed by atoms with E-state index in [0.29, 0.717) is 5.41 Å². The summed E-state index contributed by atoms with van der Waals surface area (Å²) in [4.78, 5) is 0. The van der Waals surface area contributed by atoms with Crippen LogP contribution < -0.4 is 0 Å². The van der Waals surface area contributed by atoms with E-state index >= 15 is 0 Å². The fourth-order valence-electron chi connectivity index (χ4n) is 2.24. The Morgan fingerprint density at radius 3 is 2.38 bits per heavy atom. The SMILES string of the molecule is CCCCCC(C)(CCCC)c1ccsn1. The van der Waals surface area contributed by atoms with Gasteiger partial charge in [-0.3, -0.25) is 0 Å². The normalized spacial score (nSPS) is 14.9. The van der Waals surface area contributed by atoms with Crippen molar-refractivity contribution < 1.29 is 0 Å². The molecule has 0 bridgehead atoms. The first-order valence-electron chi connectivity index (χ1n) is 6.64. The molecule has 0 fully saturated rings. The molecule has 1 aromatic heterocycles. The standard InChI is InChI=1S/C14H25NS/c1-4-6-8-11-14(3,10-7-5-2)13-9-12-16-15-13/h9,12H,4-8,10-11H2,1-3H3. The topological polar surface area (TPSA) is 12.9 Å². The Morgan fingerprint density at radius 1 is 1.12 bits per heavy atom. The van der Waals surface area contributed by atoms with Crippen molar-refractivity contribution in [3.8, 4) is 0 Å². The molecule has 1 rings (SSSR count). The van der Waals surface area contributed by atoms with Crippen molar-refractivity contribution in [2.24, 2.45) is 0 Å². The van der Waals surface area contributed by atoms with E-state index in [4.69, 9.17) is 0 Å². The number of aromatic nitrogens is 1. The highest BCUT2D eigenvalue weighted by Crippen LogP contribution is 2.34. The highest BCUT2D eigenvalue weighted by Gasteiger charge is 2.27. The van der Waals surface area contributed by atoms with E-state index in [2.05, 4.69) is 36.6 Å². The van der Waals surface area contributed by atoms with Gasteiger partial charge in [-0.2, -0.15) is 4.37 Å². The third-order valence-electron chi connectivity index (χ3n) is 3.47. The molecular weight excluding hydrogens is 214 g/mol. The first kappa shape index (κ1) is 13.7. The summed E-state index contributed by atoms with van der Waals surface area (Å²) in [5.41, 5.74) is 1.65. The molecule has 0 amide bonds. The monoisotopic (exact) mass is 239 g/mol. The van der Waals surface area contributed by atoms with Gasteiger partial charge in [0, 0.05) is 10.8 Å². The van der Waals surface area contributed by atoms with Gasteiger partial charge in [-0.25, -0.2) is 0 Å². The number of hydrogen-bond donors (Lipinski definition) is 0. The molecule has 92 valence electrons. The Kier molecular flexibility index (Phi) is 6.04. The maximum atomic E-state index is 4.56. The zero-order valence-corrected chi connectivity index (χ0v) is 11.8. The molecule has 0 saturated carbocycles. The second-order valence-corrected chi connectivity index (χ2v) is 5.67. The van der Waals surface area contributed by atoms with Gasteiger partial charge in [-0.1, -0.05) is 52.9 Å². The second-order valence-electron chi connectivity index (χ2n) is 5.01. The average Bonchev–Trinajstić information content (AvgIpc) is 2.81. The minimum absolute atomic E-state index is 0.325. The lowest BCUT2D eigenvalue weighted by atomic mass is 9.77. The molecule has 1 nitrogen and oxygen atoms in total. The third-order valence-corrected chi connectivity index (χ3v) is 4.03. The van der Waals surface area contributed by atoms with Crippen molar-refractivity contribution in [3.63, 3.8) is 0 Å². The van der Waals surface area contributed by atoms with Crippen LogP contribution in [0.3, 0.4) is 0 Å². The van der Waals surface area contributed by atoms with Gasteiger partial charge < -0.3 is 0 Å². The van der Waals surface area contributed by atoms with Crippen LogP contribution in [0.4, 0.5) is 0 Å². The Balaban J connectivity index is 2.60. The van der Waals surface area contributed by atoms with Crippen LogP contribution >= 0.6 is 11.5 Å². The van der Waals surface area contributed by atoms with E-state index in [0.717, 1.165) is 0 Å². The van der Waals surface area contributed by atoms with Gasteiger partial charge in [-0.05, 0) is 30.4 Å². The van der Waals surface area contributed by atoms with Gasteiger partial charge in [0.1, 0.15) is 0 Å². The van der Waals surface area contributed by atoms with Gasteiger partial charge in [0.25, 0.3) is 0 Å². The van der Waals surface area contributed by atoms with Gasteiger partial charge in [0.05, 0.1) is 5.69 Å². The van der Waals surface area contributed by atoms with Crippen LogP contribution in [0.1, 0.15) is 71.4 Å². The molecule has 0 N–H and O–H groups in total. The minimum atomic E-state index is 0.325. The maximum absolute atomic E-state index is 4.56. The zero-order valence-electron chi connectivity index (χ0n) is 11.0. The third kappa shape index (κ3) is 3.89. The molecule has 1 aromatic rings. The summed E-state index contributed by atoms with van der Waals surface area (Å²) in [6.07, 6.45) is 9.19. The van der Waals surface area contributed by atoms with Crippen molar-refractivity contribution in [1.29, 1.82) is 0 Å². The average molecular weight is 239 g/mol. The lowest BCUT2D eigenvalue weighted by Crippen LogP contribution is -2.22. The van der Waals surface area contributed by atoms with E-state index in [-0.39, 0.29) is 0 Å². The van der Waals surface area contributed by atoms with E-state index in [9.17, 15) is 0 Å². The fourth-order valence-corrected chi connectivity index (χ4v) is 2.88. The predicted molar refractivity (Wildman–Crippen MR) is 73.1 cm³/mol. The van der Waals surface area contributed by atoms with Gasteiger partial charge in [0.15, 0.2) is 0 Å². The van der Waals surface area contributed by atoms with Crippen LogP contribution in [-0.2, 0) is 5.41 Å². The summed E-state index contributed by atoms with van der Waals surface area (Å²) in [7, 11) is 0. The van der Waals surface area contributed by atoms with Gasteiger partial charge in [-0.15, -0.1) is 0 Å². The van der Waals surface area contributed by atoms with Crippen molar-refractivity contribution >= 4 is 11.5 Å². The number of unbranched alkanes of at least 4 members (excludes halogenated alkanes) is 3. The lowest BCUT2D eigenvalue weighted by molar-refractivity contribution is 0.364. The molecule has 0 aromatic carbocycles. The zero-order chi connectivity index (χ0) is 11.9. The molecule has 1 atom stereocenters. The summed E-state index contributed by atoms with van der Waals surface area (Å²) >= 11 is 1.59. The van der Waals surface area contributed by atoms with Crippen LogP contribution in [0.5, 0.6) is 0 Å². The smallest absolute Gasteiger partial charge is 0.0601 e. The minimum Gasteiger partial charge on any atom is -0.197 e. The molecule has 0 saturated heterocycles. The Bertz CT molecular complexity index is 268. The van der Waals surface area contributed by atoms with E-state index in [1.165, 1.54) is 50.6 Å². The van der Waals surface area contributed by atoms with E-state index in [1.807, 2.05) is 0 Å². The van der Waals surface area contributed by atoms with E-state index < -0.39 is 0 Å². The molecule has 16 heavy (non-hydrogen) atoms. The van der Waals surface area contributed by atoms with Gasteiger partial charge >= 0.3 is 0 Å². The van der Waals surface area contributed by atoms with E-state index in [1.54, 1.807) is 11.5 Å². The molecular formula is C14H25NS. The largest absolute Gasteiger partial charge is 0.197 e. The second kappa shape index (κ2) is 7.05. The van der Waals surface area contributed by atoms with Crippen LogP contribution in [0, 0.1) is 0 Å². The van der Waals surface area contributed by atoms with Crippen molar-refractivity contribution in [1.82, 2.24) is 4.37 Å². The fraction of sp³-hybridized carbons (Fsp3) is 0.786. The predicted octanol–water partition coefficient (Wildman–Crippen LogP) is 5.17. The summed E-state index contributed by atoms with van der Waals surface area (Å²) in [5, 5.41) is 2.11. The quantitative estimate of drug-likeness (QED) is 0.570. The first-order valence-corrected chi connectivity index (χ1v) is 7.47. The highest BCUT2D eigenvalue weighted by atomic mass is 32.1. The van der Waals surface area contributed by atoms with Crippen LogP contribution in [0.25, 0.3) is 0 Å². The lowest BCUT2D eigenvalue weighted by Gasteiger charge is -2.28. The van der Waals surface area contributed by atoms with Crippen molar-refractivity contribution in [3.05, 3.63) is 17.1 Å². The Morgan fingerprint density at radius 2 is 1.81 bits per heavy atom. The van der Waals surface area contributed by atoms with Crippen LogP contribution in [0.15, 0.2) is 11.4 Å². The first-order chi connectivity index (χ1) is 7.73. The summed E-state index contributed by atoms with van der Waals surface area (Å²) in [6.45, 7) is 6.94. The number of hydrogen-bond acceptors (Lipinski definition) is 2. The molecule has 0 aliphatic heterocycles. The maximum Gasteiger partial charge on any atom is 0.0601 e. The Labute approximate surface area is 104 Å². The van der Waals surface area contributed by atoms with Gasteiger partial charge in [0.2, 0.25) is 0 Å². The summed E-state index contributed by atoms with van der Waals surface area (Å²) in [6, 6.07) is 2.21. The molecule has 1 unspecified atom stereocenters. The molecule has 0 aliphatic carbocycles. The molecule has 0 spiro atoms. The molecule has 0 radical (unpaired) electrons.